The van der Waals surface area contributed by atoms with E-state index in [2.05, 4.69) is 45.9 Å². The quantitative estimate of drug-likeness (QED) is 0.852. The number of hydrogen-bond acceptors (Lipinski definition) is 4. The number of carbonyl (C=O) groups excluding carboxylic acids is 1. The fourth-order valence-electron chi connectivity index (χ4n) is 3.80. The molecule has 1 amide bonds. The van der Waals surface area contributed by atoms with E-state index in [1.54, 1.807) is 0 Å². The maximum atomic E-state index is 12.5. The molecule has 1 saturated heterocycles. The molecule has 5 nitrogen and oxygen atoms in total. The van der Waals surface area contributed by atoms with Crippen LogP contribution in [0, 0.1) is 0 Å². The molecule has 0 radical (unpaired) electrons. The van der Waals surface area contributed by atoms with E-state index in [1.807, 2.05) is 19.1 Å². The van der Waals surface area contributed by atoms with Crippen molar-refractivity contribution in [2.45, 2.75) is 32.2 Å². The van der Waals surface area contributed by atoms with Crippen molar-refractivity contribution in [3.8, 4) is 0 Å². The highest BCUT2D eigenvalue weighted by atomic mass is 16.5. The molecule has 2 N–H and O–H groups in total. The Hall–Kier alpha value is -2.53. The molecule has 1 aliphatic carbocycles. The number of morpholine rings is 1. The minimum Gasteiger partial charge on any atom is -0.378 e. The average molecular weight is 365 g/mol. The first kappa shape index (κ1) is 17.9. The van der Waals surface area contributed by atoms with E-state index in [-0.39, 0.29) is 11.9 Å². The third-order valence-corrected chi connectivity index (χ3v) is 5.39. The Labute approximate surface area is 160 Å². The lowest BCUT2D eigenvalue weighted by Crippen LogP contribution is -2.36. The average Bonchev–Trinajstić information content (AvgIpc) is 3.17. The third kappa shape index (κ3) is 4.25. The largest absolute Gasteiger partial charge is 0.378 e. The molecule has 1 atom stereocenters. The zero-order valence-corrected chi connectivity index (χ0v) is 15.8. The van der Waals surface area contributed by atoms with Crippen molar-refractivity contribution >= 4 is 23.0 Å². The summed E-state index contributed by atoms with van der Waals surface area (Å²) in [5, 5.41) is 6.32. The van der Waals surface area contributed by atoms with Crippen molar-refractivity contribution in [1.82, 2.24) is 0 Å². The van der Waals surface area contributed by atoms with Crippen molar-refractivity contribution < 1.29 is 9.53 Å². The Morgan fingerprint density at radius 2 is 1.70 bits per heavy atom. The van der Waals surface area contributed by atoms with Gasteiger partial charge in [0.1, 0.15) is 6.04 Å². The predicted molar refractivity (Wildman–Crippen MR) is 110 cm³/mol. The molecule has 142 valence electrons. The van der Waals surface area contributed by atoms with Crippen LogP contribution in [0.15, 0.2) is 42.5 Å². The van der Waals surface area contributed by atoms with Gasteiger partial charge < -0.3 is 20.3 Å². The monoisotopic (exact) mass is 365 g/mol. The fourth-order valence-corrected chi connectivity index (χ4v) is 3.80. The van der Waals surface area contributed by atoms with Crippen LogP contribution in [0.5, 0.6) is 0 Å². The van der Waals surface area contributed by atoms with E-state index in [4.69, 9.17) is 4.74 Å². The first-order chi connectivity index (χ1) is 13.2. The number of aryl methyl sites for hydroxylation is 2. The molecule has 1 heterocycles. The smallest absolute Gasteiger partial charge is 0.246 e. The van der Waals surface area contributed by atoms with Gasteiger partial charge in [0.15, 0.2) is 0 Å². The highest BCUT2D eigenvalue weighted by Crippen LogP contribution is 2.25. The molecular formula is C22H27N3O2. The number of rotatable bonds is 5. The SMILES string of the molecule is C[C@H](Nc1ccc2c(c1)CCC2)C(=O)Nc1ccc(N2CCOCC2)cc1. The van der Waals surface area contributed by atoms with Crippen LogP contribution in [0.2, 0.25) is 0 Å². The Bertz CT molecular complexity index is 798. The summed E-state index contributed by atoms with van der Waals surface area (Å²) < 4.78 is 5.39. The minimum absolute atomic E-state index is 0.0328. The summed E-state index contributed by atoms with van der Waals surface area (Å²) in [5.74, 6) is -0.0328. The molecule has 1 aliphatic heterocycles. The molecule has 0 unspecified atom stereocenters. The summed E-state index contributed by atoms with van der Waals surface area (Å²) in [5.41, 5.74) is 5.85. The van der Waals surface area contributed by atoms with Crippen molar-refractivity contribution in [3.05, 3.63) is 53.6 Å². The van der Waals surface area contributed by atoms with Crippen LogP contribution in [-0.4, -0.2) is 38.3 Å². The molecule has 1 fully saturated rings. The molecule has 0 bridgehead atoms. The maximum absolute atomic E-state index is 12.5. The summed E-state index contributed by atoms with van der Waals surface area (Å²) in [7, 11) is 0. The number of amides is 1. The van der Waals surface area contributed by atoms with Crippen LogP contribution in [-0.2, 0) is 22.4 Å². The number of fused-ring (bicyclic) bond motifs is 1. The van der Waals surface area contributed by atoms with Crippen molar-refractivity contribution in [2.24, 2.45) is 0 Å². The second-order valence-electron chi connectivity index (χ2n) is 7.34. The molecule has 4 rings (SSSR count). The first-order valence-corrected chi connectivity index (χ1v) is 9.81. The molecule has 0 spiro atoms. The molecule has 2 aromatic rings. The summed E-state index contributed by atoms with van der Waals surface area (Å²) in [6, 6.07) is 14.2. The number of nitrogens with zero attached hydrogens (tertiary/aromatic N) is 1. The molecular weight excluding hydrogens is 338 g/mol. The summed E-state index contributed by atoms with van der Waals surface area (Å²) in [4.78, 5) is 14.8. The Morgan fingerprint density at radius 1 is 1.00 bits per heavy atom. The van der Waals surface area contributed by atoms with Crippen LogP contribution < -0.4 is 15.5 Å². The minimum atomic E-state index is -0.302. The van der Waals surface area contributed by atoms with E-state index in [9.17, 15) is 4.79 Å². The molecule has 0 saturated carbocycles. The summed E-state index contributed by atoms with van der Waals surface area (Å²) in [6.45, 7) is 5.25. The Balaban J connectivity index is 1.34. The second-order valence-corrected chi connectivity index (χ2v) is 7.34. The Morgan fingerprint density at radius 3 is 2.48 bits per heavy atom. The van der Waals surface area contributed by atoms with Crippen LogP contribution >= 0.6 is 0 Å². The van der Waals surface area contributed by atoms with Gasteiger partial charge in [0, 0.05) is 30.2 Å². The standard InChI is InChI=1S/C22H27N3O2/c1-16(23-20-6-5-17-3-2-4-18(17)15-20)22(26)24-19-7-9-21(10-8-19)25-11-13-27-14-12-25/h5-10,15-16,23H,2-4,11-14H2,1H3,(H,24,26)/t16-/m0/s1. The van der Waals surface area contributed by atoms with Gasteiger partial charge >= 0.3 is 0 Å². The number of benzene rings is 2. The predicted octanol–water partition coefficient (Wildman–Crippen LogP) is 3.45. The second kappa shape index (κ2) is 8.01. The van der Waals surface area contributed by atoms with Gasteiger partial charge in [-0.25, -0.2) is 0 Å². The number of nitrogens with one attached hydrogen (secondary N) is 2. The lowest BCUT2D eigenvalue weighted by atomic mass is 10.1. The molecule has 27 heavy (non-hydrogen) atoms. The van der Waals surface area contributed by atoms with Gasteiger partial charge in [0.25, 0.3) is 0 Å². The van der Waals surface area contributed by atoms with E-state index < -0.39 is 0 Å². The van der Waals surface area contributed by atoms with Crippen molar-refractivity contribution in [3.63, 3.8) is 0 Å². The van der Waals surface area contributed by atoms with Gasteiger partial charge in [-0.3, -0.25) is 4.79 Å². The van der Waals surface area contributed by atoms with Gasteiger partial charge in [0.05, 0.1) is 13.2 Å². The van der Waals surface area contributed by atoms with E-state index in [0.29, 0.717) is 0 Å². The topological polar surface area (TPSA) is 53.6 Å². The molecule has 0 aromatic heterocycles. The van der Waals surface area contributed by atoms with Gasteiger partial charge in [-0.2, -0.15) is 0 Å². The number of ether oxygens (including phenoxy) is 1. The van der Waals surface area contributed by atoms with Gasteiger partial charge in [-0.1, -0.05) is 6.07 Å². The highest BCUT2D eigenvalue weighted by molar-refractivity contribution is 5.96. The highest BCUT2D eigenvalue weighted by Gasteiger charge is 2.16. The maximum Gasteiger partial charge on any atom is 0.246 e. The molecule has 2 aromatic carbocycles. The normalized spacial score (nSPS) is 17.3. The lowest BCUT2D eigenvalue weighted by molar-refractivity contribution is -0.116. The van der Waals surface area contributed by atoms with Crippen molar-refractivity contribution in [1.29, 1.82) is 0 Å². The van der Waals surface area contributed by atoms with E-state index in [1.165, 1.54) is 29.7 Å². The molecule has 2 aliphatic rings. The van der Waals surface area contributed by atoms with E-state index in [0.717, 1.165) is 44.1 Å². The number of carbonyl (C=O) groups is 1. The Kier molecular flexibility index (Phi) is 5.30. The number of hydrogen-bond donors (Lipinski definition) is 2. The van der Waals surface area contributed by atoms with Crippen LogP contribution in [0.25, 0.3) is 0 Å². The summed E-state index contributed by atoms with van der Waals surface area (Å²) in [6.07, 6.45) is 3.54. The molecule has 5 heteroatoms. The summed E-state index contributed by atoms with van der Waals surface area (Å²) >= 11 is 0. The van der Waals surface area contributed by atoms with Gasteiger partial charge in [-0.15, -0.1) is 0 Å². The van der Waals surface area contributed by atoms with Gasteiger partial charge in [-0.05, 0) is 73.7 Å². The fraction of sp³-hybridized carbons (Fsp3) is 0.409. The van der Waals surface area contributed by atoms with Crippen LogP contribution in [0.3, 0.4) is 0 Å². The van der Waals surface area contributed by atoms with Crippen molar-refractivity contribution in [2.75, 3.05) is 41.8 Å². The zero-order valence-electron chi connectivity index (χ0n) is 15.8. The number of anilines is 3. The lowest BCUT2D eigenvalue weighted by Gasteiger charge is -2.29. The first-order valence-electron chi connectivity index (χ1n) is 9.81. The zero-order chi connectivity index (χ0) is 18.6. The van der Waals surface area contributed by atoms with Crippen LogP contribution in [0.4, 0.5) is 17.1 Å². The van der Waals surface area contributed by atoms with Crippen LogP contribution in [0.1, 0.15) is 24.5 Å². The van der Waals surface area contributed by atoms with Gasteiger partial charge in [0.2, 0.25) is 5.91 Å². The van der Waals surface area contributed by atoms with E-state index >= 15 is 0 Å². The third-order valence-electron chi connectivity index (χ3n) is 5.39.